The molecule has 0 bridgehead atoms. The molecule has 0 aliphatic rings. The molecule has 6 rings (SSSR count). The van der Waals surface area contributed by atoms with E-state index in [1.807, 2.05) is 161 Å². The summed E-state index contributed by atoms with van der Waals surface area (Å²) in [6.07, 6.45) is 0. The van der Waals surface area contributed by atoms with E-state index in [4.69, 9.17) is 23.2 Å². The summed E-state index contributed by atoms with van der Waals surface area (Å²) >= 11 is 14.2. The van der Waals surface area contributed by atoms with Crippen molar-refractivity contribution in [3.05, 3.63) is 166 Å². The van der Waals surface area contributed by atoms with Gasteiger partial charge in [-0.1, -0.05) is 145 Å². The molecule has 230 valence electrons. The second kappa shape index (κ2) is 12.9. The Bertz CT molecular complexity index is 1900. The summed E-state index contributed by atoms with van der Waals surface area (Å²) in [6, 6.07) is 42.3. The van der Waals surface area contributed by atoms with Crippen molar-refractivity contribution in [2.75, 3.05) is 0 Å². The van der Waals surface area contributed by atoms with Crippen LogP contribution in [0.25, 0.3) is 11.1 Å². The minimum Gasteiger partial charge on any atom is -0.309 e. The highest BCUT2D eigenvalue weighted by molar-refractivity contribution is 7.86. The van der Waals surface area contributed by atoms with Gasteiger partial charge in [0.15, 0.2) is 14.3 Å². The summed E-state index contributed by atoms with van der Waals surface area (Å²) in [5.41, 5.74) is 4.57. The normalized spacial score (nSPS) is 11.9. The van der Waals surface area contributed by atoms with Gasteiger partial charge in [-0.3, -0.25) is 0 Å². The molecular weight excluding hydrogens is 645 g/mol. The molecule has 0 radical (unpaired) electrons. The highest BCUT2D eigenvalue weighted by atomic mass is 35.5. The molecule has 0 atom stereocenters. The van der Waals surface area contributed by atoms with Gasteiger partial charge < -0.3 is 9.13 Å². The van der Waals surface area contributed by atoms with E-state index in [1.165, 1.54) is 0 Å². The second-order valence-electron chi connectivity index (χ2n) is 11.6. The fraction of sp³-hybridized carbons (Fsp3) is 0.100. The number of rotatable bonds is 7. The van der Waals surface area contributed by atoms with Gasteiger partial charge in [0.1, 0.15) is 0 Å². The lowest BCUT2D eigenvalue weighted by Gasteiger charge is -2.30. The van der Waals surface area contributed by atoms with Crippen molar-refractivity contribution in [2.24, 2.45) is 0 Å². The molecule has 0 saturated heterocycles. The number of hydrogen-bond donors (Lipinski definition) is 0. The summed E-state index contributed by atoms with van der Waals surface area (Å²) < 4.78 is 32.1. The van der Waals surface area contributed by atoms with Gasteiger partial charge >= 0.3 is 0 Å². The van der Waals surface area contributed by atoms with Crippen LogP contribution in [0.3, 0.4) is 0 Å². The first-order chi connectivity index (χ1) is 22.1. The topological polar surface area (TPSA) is 34.1 Å². The van der Waals surface area contributed by atoms with E-state index in [9.17, 15) is 0 Å². The van der Waals surface area contributed by atoms with E-state index in [2.05, 4.69) is 0 Å². The zero-order valence-corrected chi connectivity index (χ0v) is 29.5. The predicted octanol–water partition coefficient (Wildman–Crippen LogP) is 9.17. The van der Waals surface area contributed by atoms with Gasteiger partial charge in [0, 0.05) is 41.9 Å². The Labute approximate surface area is 281 Å². The first-order valence-corrected chi connectivity index (χ1v) is 19.3. The average Bonchev–Trinajstić information content (AvgIpc) is 3.10. The van der Waals surface area contributed by atoms with E-state index < -0.39 is 14.3 Å². The summed E-state index contributed by atoms with van der Waals surface area (Å²) in [4.78, 5) is 0. The maximum atomic E-state index is 16.0. The molecule has 0 saturated carbocycles. The van der Waals surface area contributed by atoms with Gasteiger partial charge in [-0.25, -0.2) is 0 Å². The van der Waals surface area contributed by atoms with Crippen LogP contribution in [0.4, 0.5) is 0 Å². The summed E-state index contributed by atoms with van der Waals surface area (Å²) in [6.45, 7) is 7.80. The van der Waals surface area contributed by atoms with E-state index in [-0.39, 0.29) is 0 Å². The lowest BCUT2D eigenvalue weighted by Crippen LogP contribution is -2.31. The molecule has 2 nitrogen and oxygen atoms in total. The molecule has 6 heteroatoms. The quantitative estimate of drug-likeness (QED) is 0.158. The van der Waals surface area contributed by atoms with Crippen molar-refractivity contribution < 1.29 is 9.13 Å². The predicted molar refractivity (Wildman–Crippen MR) is 200 cm³/mol. The highest BCUT2D eigenvalue weighted by Crippen LogP contribution is 2.52. The van der Waals surface area contributed by atoms with Crippen molar-refractivity contribution in [1.82, 2.24) is 0 Å². The largest absolute Gasteiger partial charge is 0.309 e. The Morgan fingerprint density at radius 2 is 0.652 bits per heavy atom. The zero-order valence-electron chi connectivity index (χ0n) is 26.2. The SMILES string of the molecule is Cc1cc(P(=O)(c2ccccc2)c2ccccc2)c(-c2c(P(=O)(c3ccccc3)c3ccccc3)cc(C)c(Cl)c2C)c(C)c1Cl. The van der Waals surface area contributed by atoms with Crippen LogP contribution < -0.4 is 31.8 Å². The van der Waals surface area contributed by atoms with Crippen LogP contribution in [0.5, 0.6) is 0 Å². The lowest BCUT2D eigenvalue weighted by molar-refractivity contribution is 0.591. The first kappa shape index (κ1) is 32.3. The molecule has 0 aromatic heterocycles. The smallest absolute Gasteiger partial charge is 0.171 e. The van der Waals surface area contributed by atoms with E-state index >= 15 is 9.13 Å². The molecule has 6 aromatic rings. The van der Waals surface area contributed by atoms with Crippen LogP contribution in [0.15, 0.2) is 133 Å². The van der Waals surface area contributed by atoms with Gasteiger partial charge in [0.05, 0.1) is 0 Å². The van der Waals surface area contributed by atoms with E-state index in [0.717, 1.165) is 22.3 Å². The van der Waals surface area contributed by atoms with Crippen molar-refractivity contribution in [3.63, 3.8) is 0 Å². The third kappa shape index (κ3) is 5.33. The van der Waals surface area contributed by atoms with Crippen LogP contribution >= 0.6 is 37.5 Å². The second-order valence-corrected chi connectivity index (χ2v) is 17.8. The maximum absolute atomic E-state index is 16.0. The van der Waals surface area contributed by atoms with Crippen molar-refractivity contribution >= 4 is 69.3 Å². The van der Waals surface area contributed by atoms with Crippen LogP contribution in [0.1, 0.15) is 22.3 Å². The van der Waals surface area contributed by atoms with Gasteiger partial charge in [-0.15, -0.1) is 0 Å². The molecular formula is C40H34Cl2O2P2. The zero-order chi connectivity index (χ0) is 32.6. The van der Waals surface area contributed by atoms with Gasteiger partial charge in [0.25, 0.3) is 0 Å². The van der Waals surface area contributed by atoms with Gasteiger partial charge in [0.2, 0.25) is 0 Å². The Morgan fingerprint density at radius 1 is 0.413 bits per heavy atom. The monoisotopic (exact) mass is 678 g/mol. The fourth-order valence-electron chi connectivity index (χ4n) is 6.41. The summed E-state index contributed by atoms with van der Waals surface area (Å²) in [5.74, 6) is 0. The molecule has 0 amide bonds. The minimum atomic E-state index is -3.51. The van der Waals surface area contributed by atoms with E-state index in [0.29, 0.717) is 53.0 Å². The molecule has 0 aliphatic heterocycles. The standard InChI is InChI=1S/C40H34Cl2O2P2/c1-27-25-35(45(43,31-17-9-5-10-18-31)32-19-11-6-12-20-32)37(29(3)39(27)41)38-30(4)40(42)28(2)26-36(38)46(44,33-21-13-7-14-22-33)34-23-15-8-16-24-34/h5-26H,1-4H3. The van der Waals surface area contributed by atoms with Crippen molar-refractivity contribution in [3.8, 4) is 11.1 Å². The number of aryl methyl sites for hydroxylation is 2. The molecule has 0 unspecified atom stereocenters. The summed E-state index contributed by atoms with van der Waals surface area (Å²) in [5, 5.41) is 5.24. The number of benzene rings is 6. The lowest BCUT2D eigenvalue weighted by atomic mass is 9.93. The number of hydrogen-bond acceptors (Lipinski definition) is 2. The van der Waals surface area contributed by atoms with Crippen LogP contribution in [0, 0.1) is 27.7 Å². The summed E-state index contributed by atoms with van der Waals surface area (Å²) in [7, 11) is -7.02. The molecule has 6 aromatic carbocycles. The average molecular weight is 680 g/mol. The Hall–Kier alpha value is -3.64. The first-order valence-electron chi connectivity index (χ1n) is 15.1. The van der Waals surface area contributed by atoms with Crippen LogP contribution in [0.2, 0.25) is 10.0 Å². The molecule has 0 fully saturated rings. The highest BCUT2D eigenvalue weighted by Gasteiger charge is 2.39. The Morgan fingerprint density at radius 3 is 0.891 bits per heavy atom. The fourth-order valence-corrected chi connectivity index (χ4v) is 12.7. The van der Waals surface area contributed by atoms with Crippen molar-refractivity contribution in [1.29, 1.82) is 0 Å². The molecule has 0 aliphatic carbocycles. The molecule has 0 heterocycles. The Balaban J connectivity index is 1.83. The van der Waals surface area contributed by atoms with Crippen LogP contribution in [-0.4, -0.2) is 0 Å². The van der Waals surface area contributed by atoms with Crippen LogP contribution in [-0.2, 0) is 9.13 Å². The van der Waals surface area contributed by atoms with Gasteiger partial charge in [-0.2, -0.15) is 0 Å². The Kier molecular flexibility index (Phi) is 9.04. The molecule has 46 heavy (non-hydrogen) atoms. The van der Waals surface area contributed by atoms with Gasteiger partial charge in [-0.05, 0) is 73.2 Å². The van der Waals surface area contributed by atoms with E-state index in [1.54, 1.807) is 0 Å². The number of halogens is 2. The third-order valence-electron chi connectivity index (χ3n) is 8.73. The maximum Gasteiger partial charge on any atom is 0.171 e. The molecule has 0 spiro atoms. The third-order valence-corrected chi connectivity index (χ3v) is 16.1. The van der Waals surface area contributed by atoms with Crippen molar-refractivity contribution in [2.45, 2.75) is 27.7 Å². The minimum absolute atomic E-state index is 0.572. The molecule has 0 N–H and O–H groups in total.